The maximum atomic E-state index is 6.04. The highest BCUT2D eigenvalue weighted by molar-refractivity contribution is 9.10. The second-order valence-electron chi connectivity index (χ2n) is 3.72. The predicted octanol–water partition coefficient (Wildman–Crippen LogP) is 3.48. The summed E-state index contributed by atoms with van der Waals surface area (Å²) in [4.78, 5) is 8.70. The van der Waals surface area contributed by atoms with Gasteiger partial charge in [0, 0.05) is 13.0 Å². The average Bonchev–Trinajstić information content (AvgIpc) is 3.04. The van der Waals surface area contributed by atoms with Crippen molar-refractivity contribution in [3.8, 4) is 0 Å². The Balaban J connectivity index is 2.41. The van der Waals surface area contributed by atoms with Gasteiger partial charge in [-0.1, -0.05) is 11.6 Å². The van der Waals surface area contributed by atoms with Crippen LogP contribution in [0.1, 0.15) is 43.3 Å². The lowest BCUT2D eigenvalue weighted by molar-refractivity contribution is 0.112. The van der Waals surface area contributed by atoms with Gasteiger partial charge in [0.05, 0.1) is 10.2 Å². The van der Waals surface area contributed by atoms with Gasteiger partial charge in [-0.25, -0.2) is 9.97 Å². The van der Waals surface area contributed by atoms with Crippen molar-refractivity contribution in [1.82, 2.24) is 9.97 Å². The van der Waals surface area contributed by atoms with Gasteiger partial charge >= 0.3 is 0 Å². The van der Waals surface area contributed by atoms with Crippen LogP contribution in [0.2, 0.25) is 5.15 Å². The fourth-order valence-corrected chi connectivity index (χ4v) is 2.05. The lowest BCUT2D eigenvalue weighted by atomic mass is 10.2. The number of hydrogen-bond acceptors (Lipinski definition) is 3. The van der Waals surface area contributed by atoms with Gasteiger partial charge in [-0.3, -0.25) is 0 Å². The molecule has 1 saturated carbocycles. The van der Waals surface area contributed by atoms with E-state index in [0.717, 1.165) is 10.2 Å². The quantitative estimate of drug-likeness (QED) is 0.800. The molecule has 0 amide bonds. The third kappa shape index (κ3) is 2.32. The number of aromatic nitrogens is 2. The molecule has 1 unspecified atom stereocenters. The molecule has 3 nitrogen and oxygen atoms in total. The largest absolute Gasteiger partial charge is 0.374 e. The third-order valence-electron chi connectivity index (χ3n) is 2.53. The van der Waals surface area contributed by atoms with Crippen LogP contribution in [0.25, 0.3) is 0 Å². The first-order valence-electron chi connectivity index (χ1n) is 4.89. The van der Waals surface area contributed by atoms with E-state index in [9.17, 15) is 0 Å². The van der Waals surface area contributed by atoms with Crippen LogP contribution in [0.15, 0.2) is 4.47 Å². The van der Waals surface area contributed by atoms with Gasteiger partial charge in [0.1, 0.15) is 11.3 Å². The van der Waals surface area contributed by atoms with Crippen LogP contribution in [-0.2, 0) is 4.74 Å². The van der Waals surface area contributed by atoms with E-state index in [1.54, 1.807) is 7.11 Å². The number of rotatable bonds is 3. The van der Waals surface area contributed by atoms with Crippen LogP contribution in [0.3, 0.4) is 0 Å². The molecule has 5 heteroatoms. The summed E-state index contributed by atoms with van der Waals surface area (Å²) in [5.41, 5.74) is 1.02. The van der Waals surface area contributed by atoms with E-state index in [0.29, 0.717) is 16.9 Å². The molecule has 0 bridgehead atoms. The molecule has 15 heavy (non-hydrogen) atoms. The Labute approximate surface area is 102 Å². The van der Waals surface area contributed by atoms with E-state index in [4.69, 9.17) is 16.3 Å². The average molecular weight is 292 g/mol. The lowest BCUT2D eigenvalue weighted by Gasteiger charge is -2.11. The highest BCUT2D eigenvalue weighted by Gasteiger charge is 2.29. The van der Waals surface area contributed by atoms with E-state index in [1.807, 2.05) is 6.92 Å². The minimum absolute atomic E-state index is 0.117. The SMILES string of the molecule is COC(C)c1nc(Cl)c(Br)c(C2CC2)n1. The summed E-state index contributed by atoms with van der Waals surface area (Å²) in [6.45, 7) is 1.91. The molecule has 1 aliphatic carbocycles. The standard InChI is InChI=1S/C10H12BrClN2O/c1-5(15-2)10-13-8(6-3-4-6)7(11)9(12)14-10/h5-6H,3-4H2,1-2H3. The Hall–Kier alpha value is -0.190. The number of nitrogens with zero attached hydrogens (tertiary/aromatic N) is 2. The molecule has 1 atom stereocenters. The molecule has 1 heterocycles. The topological polar surface area (TPSA) is 35.0 Å². The zero-order valence-corrected chi connectivity index (χ0v) is 11.0. The Morgan fingerprint density at radius 1 is 1.47 bits per heavy atom. The zero-order chi connectivity index (χ0) is 11.0. The summed E-state index contributed by atoms with van der Waals surface area (Å²) < 4.78 is 6.02. The van der Waals surface area contributed by atoms with Crippen molar-refractivity contribution >= 4 is 27.5 Å². The summed E-state index contributed by atoms with van der Waals surface area (Å²) in [5, 5.41) is 0.478. The molecule has 82 valence electrons. The van der Waals surface area contributed by atoms with Gasteiger partial charge in [-0.2, -0.15) is 0 Å². The van der Waals surface area contributed by atoms with Gasteiger partial charge in [0.2, 0.25) is 0 Å². The zero-order valence-electron chi connectivity index (χ0n) is 8.63. The summed E-state index contributed by atoms with van der Waals surface area (Å²) in [6, 6.07) is 0. The van der Waals surface area contributed by atoms with Crippen molar-refractivity contribution in [2.75, 3.05) is 7.11 Å². The highest BCUT2D eigenvalue weighted by atomic mass is 79.9. The highest BCUT2D eigenvalue weighted by Crippen LogP contribution is 2.43. The van der Waals surface area contributed by atoms with Crippen LogP contribution in [0.4, 0.5) is 0 Å². The molecular weight excluding hydrogens is 279 g/mol. The minimum atomic E-state index is -0.117. The summed E-state index contributed by atoms with van der Waals surface area (Å²) in [6.07, 6.45) is 2.26. The van der Waals surface area contributed by atoms with E-state index < -0.39 is 0 Å². The number of hydrogen-bond donors (Lipinski definition) is 0. The van der Waals surface area contributed by atoms with Crippen molar-refractivity contribution in [1.29, 1.82) is 0 Å². The fourth-order valence-electron chi connectivity index (χ4n) is 1.37. The Kier molecular flexibility index (Phi) is 3.28. The molecule has 0 spiro atoms. The lowest BCUT2D eigenvalue weighted by Crippen LogP contribution is -2.06. The second-order valence-corrected chi connectivity index (χ2v) is 4.88. The van der Waals surface area contributed by atoms with E-state index in [2.05, 4.69) is 25.9 Å². The number of halogens is 2. The van der Waals surface area contributed by atoms with E-state index in [1.165, 1.54) is 12.8 Å². The third-order valence-corrected chi connectivity index (χ3v) is 3.82. The molecule has 1 aliphatic rings. The molecule has 0 saturated heterocycles. The van der Waals surface area contributed by atoms with E-state index in [-0.39, 0.29) is 6.10 Å². The van der Waals surface area contributed by atoms with Crippen LogP contribution in [-0.4, -0.2) is 17.1 Å². The summed E-state index contributed by atoms with van der Waals surface area (Å²) in [7, 11) is 1.64. The van der Waals surface area contributed by atoms with Crippen molar-refractivity contribution < 1.29 is 4.74 Å². The molecular formula is C10H12BrClN2O. The van der Waals surface area contributed by atoms with Crippen molar-refractivity contribution in [2.24, 2.45) is 0 Å². The molecule has 0 aromatic carbocycles. The van der Waals surface area contributed by atoms with Gasteiger partial charge in [-0.05, 0) is 35.7 Å². The molecule has 2 rings (SSSR count). The first kappa shape index (κ1) is 11.3. The number of methoxy groups -OCH3 is 1. The number of ether oxygens (including phenoxy) is 1. The second kappa shape index (κ2) is 4.36. The first-order chi connectivity index (χ1) is 7.13. The molecule has 0 radical (unpaired) electrons. The summed E-state index contributed by atoms with van der Waals surface area (Å²) in [5.74, 6) is 1.20. The maximum Gasteiger partial charge on any atom is 0.158 e. The molecule has 0 N–H and O–H groups in total. The van der Waals surface area contributed by atoms with E-state index >= 15 is 0 Å². The summed E-state index contributed by atoms with van der Waals surface area (Å²) >= 11 is 9.47. The normalized spacial score (nSPS) is 17.9. The van der Waals surface area contributed by atoms with Gasteiger partial charge in [-0.15, -0.1) is 0 Å². The van der Waals surface area contributed by atoms with Crippen LogP contribution >= 0.6 is 27.5 Å². The van der Waals surface area contributed by atoms with Crippen LogP contribution < -0.4 is 0 Å². The first-order valence-corrected chi connectivity index (χ1v) is 6.06. The Bertz CT molecular complexity index is 382. The molecule has 1 aromatic heterocycles. The van der Waals surface area contributed by atoms with Crippen LogP contribution in [0, 0.1) is 0 Å². The monoisotopic (exact) mass is 290 g/mol. The Morgan fingerprint density at radius 2 is 2.13 bits per heavy atom. The predicted molar refractivity (Wildman–Crippen MR) is 62.1 cm³/mol. The van der Waals surface area contributed by atoms with Gasteiger partial charge in [0.25, 0.3) is 0 Å². The molecule has 1 aromatic rings. The van der Waals surface area contributed by atoms with Gasteiger partial charge < -0.3 is 4.74 Å². The van der Waals surface area contributed by atoms with Crippen molar-refractivity contribution in [2.45, 2.75) is 31.8 Å². The minimum Gasteiger partial charge on any atom is -0.374 e. The van der Waals surface area contributed by atoms with Crippen molar-refractivity contribution in [3.63, 3.8) is 0 Å². The van der Waals surface area contributed by atoms with Crippen LogP contribution in [0.5, 0.6) is 0 Å². The Morgan fingerprint density at radius 3 is 2.67 bits per heavy atom. The fraction of sp³-hybridized carbons (Fsp3) is 0.600. The smallest absolute Gasteiger partial charge is 0.158 e. The maximum absolute atomic E-state index is 6.04. The molecule has 0 aliphatic heterocycles. The van der Waals surface area contributed by atoms with Crippen molar-refractivity contribution in [3.05, 3.63) is 21.1 Å². The van der Waals surface area contributed by atoms with Gasteiger partial charge in [0.15, 0.2) is 5.82 Å². The molecule has 1 fully saturated rings.